The Bertz CT molecular complexity index is 255. The number of carboxylic acids is 1. The number of nitrogens with zero attached hydrogens (tertiary/aromatic N) is 1. The predicted molar refractivity (Wildman–Crippen MR) is 74.6 cm³/mol. The Morgan fingerprint density at radius 3 is 2.11 bits per heavy atom. The lowest BCUT2D eigenvalue weighted by molar-refractivity contribution is -0.139. The number of carboxylic acid groups (broad SMARTS) is 1. The number of rotatable bonds is 6. The van der Waals surface area contributed by atoms with Gasteiger partial charge in [0.2, 0.25) is 0 Å². The van der Waals surface area contributed by atoms with Gasteiger partial charge in [0.05, 0.1) is 6.54 Å². The number of carbonyl (C=O) groups is 1. The van der Waals surface area contributed by atoms with Crippen molar-refractivity contribution in [2.75, 3.05) is 13.1 Å². The lowest BCUT2D eigenvalue weighted by Crippen LogP contribution is -2.43. The molecular weight excluding hydrogens is 226 g/mol. The third-order valence-corrected chi connectivity index (χ3v) is 4.14. The van der Waals surface area contributed by atoms with Gasteiger partial charge in [0, 0.05) is 12.6 Å². The Hall–Kier alpha value is -0.570. The topological polar surface area (TPSA) is 40.5 Å². The minimum atomic E-state index is -0.693. The highest BCUT2D eigenvalue weighted by atomic mass is 16.4. The van der Waals surface area contributed by atoms with Gasteiger partial charge < -0.3 is 5.11 Å². The maximum Gasteiger partial charge on any atom is 0.317 e. The van der Waals surface area contributed by atoms with Gasteiger partial charge in [-0.1, -0.05) is 27.7 Å². The van der Waals surface area contributed by atoms with E-state index in [9.17, 15) is 4.79 Å². The van der Waals surface area contributed by atoms with Gasteiger partial charge in [0.25, 0.3) is 0 Å². The summed E-state index contributed by atoms with van der Waals surface area (Å²) in [7, 11) is 0. The summed E-state index contributed by atoms with van der Waals surface area (Å²) in [5.74, 6) is 1.45. The first-order valence-electron chi connectivity index (χ1n) is 7.36. The molecule has 0 bridgehead atoms. The van der Waals surface area contributed by atoms with Crippen molar-refractivity contribution in [3.05, 3.63) is 0 Å². The van der Waals surface area contributed by atoms with E-state index in [0.717, 1.165) is 18.4 Å². The van der Waals surface area contributed by atoms with Crippen LogP contribution in [0.25, 0.3) is 0 Å². The normalized spacial score (nSPS) is 25.1. The minimum Gasteiger partial charge on any atom is -0.480 e. The van der Waals surface area contributed by atoms with Crippen LogP contribution in [0.2, 0.25) is 0 Å². The van der Waals surface area contributed by atoms with Crippen molar-refractivity contribution in [1.29, 1.82) is 0 Å². The van der Waals surface area contributed by atoms with Gasteiger partial charge in [-0.2, -0.15) is 0 Å². The molecule has 18 heavy (non-hydrogen) atoms. The zero-order valence-corrected chi connectivity index (χ0v) is 12.4. The fourth-order valence-corrected chi connectivity index (χ4v) is 3.12. The smallest absolute Gasteiger partial charge is 0.317 e. The third-order valence-electron chi connectivity index (χ3n) is 4.14. The van der Waals surface area contributed by atoms with Crippen LogP contribution >= 0.6 is 0 Å². The molecule has 0 aliphatic heterocycles. The van der Waals surface area contributed by atoms with Crippen LogP contribution in [-0.2, 0) is 4.79 Å². The zero-order chi connectivity index (χ0) is 13.7. The molecule has 1 rings (SSSR count). The van der Waals surface area contributed by atoms with E-state index in [-0.39, 0.29) is 6.54 Å². The molecule has 0 heterocycles. The Morgan fingerprint density at radius 1 is 1.17 bits per heavy atom. The van der Waals surface area contributed by atoms with Gasteiger partial charge in [-0.25, -0.2) is 0 Å². The van der Waals surface area contributed by atoms with Crippen LogP contribution < -0.4 is 0 Å². The monoisotopic (exact) mass is 255 g/mol. The molecule has 0 unspecified atom stereocenters. The van der Waals surface area contributed by atoms with Crippen molar-refractivity contribution in [3.8, 4) is 0 Å². The van der Waals surface area contributed by atoms with Crippen molar-refractivity contribution in [3.63, 3.8) is 0 Å². The van der Waals surface area contributed by atoms with Crippen LogP contribution in [-0.4, -0.2) is 35.1 Å². The van der Waals surface area contributed by atoms with Gasteiger partial charge in [0.15, 0.2) is 0 Å². The largest absolute Gasteiger partial charge is 0.480 e. The highest BCUT2D eigenvalue weighted by Gasteiger charge is 2.28. The molecule has 0 aromatic carbocycles. The van der Waals surface area contributed by atoms with Crippen molar-refractivity contribution < 1.29 is 9.90 Å². The van der Waals surface area contributed by atoms with E-state index in [0.29, 0.717) is 12.0 Å². The maximum atomic E-state index is 11.0. The van der Waals surface area contributed by atoms with Crippen molar-refractivity contribution >= 4 is 5.97 Å². The van der Waals surface area contributed by atoms with Crippen LogP contribution in [0.5, 0.6) is 0 Å². The van der Waals surface area contributed by atoms with E-state index in [1.807, 2.05) is 0 Å². The number of hydrogen-bond donors (Lipinski definition) is 1. The quantitative estimate of drug-likeness (QED) is 0.792. The molecule has 3 heteroatoms. The summed E-state index contributed by atoms with van der Waals surface area (Å²) in [6, 6.07) is 0.485. The Kier molecular flexibility index (Phi) is 6.13. The minimum absolute atomic E-state index is 0.204. The summed E-state index contributed by atoms with van der Waals surface area (Å²) in [6.45, 7) is 10.0. The van der Waals surface area contributed by atoms with Crippen molar-refractivity contribution in [1.82, 2.24) is 4.90 Å². The molecule has 0 spiro atoms. The lowest BCUT2D eigenvalue weighted by Gasteiger charge is -2.38. The molecule has 1 aliphatic carbocycles. The predicted octanol–water partition coefficient (Wildman–Crippen LogP) is 3.24. The van der Waals surface area contributed by atoms with E-state index >= 15 is 0 Å². The fourth-order valence-electron chi connectivity index (χ4n) is 3.12. The standard InChI is InChI=1S/C15H29NO2/c1-11(2)9-16(10-15(17)18)14-7-5-13(6-8-14)12(3)4/h11-14H,5-10H2,1-4H3,(H,17,18). The summed E-state index contributed by atoms with van der Waals surface area (Å²) in [4.78, 5) is 13.1. The first kappa shape index (κ1) is 15.5. The molecule has 0 amide bonds. The van der Waals surface area contributed by atoms with E-state index in [2.05, 4.69) is 32.6 Å². The van der Waals surface area contributed by atoms with Gasteiger partial charge >= 0.3 is 5.97 Å². The number of hydrogen-bond acceptors (Lipinski definition) is 2. The Balaban J connectivity index is 2.51. The van der Waals surface area contributed by atoms with Crippen LogP contribution in [0.1, 0.15) is 53.4 Å². The molecule has 0 radical (unpaired) electrons. The fraction of sp³-hybridized carbons (Fsp3) is 0.933. The summed E-state index contributed by atoms with van der Waals surface area (Å²) < 4.78 is 0. The molecule has 1 aliphatic rings. The maximum absolute atomic E-state index is 11.0. The summed E-state index contributed by atoms with van der Waals surface area (Å²) >= 11 is 0. The SMILES string of the molecule is CC(C)CN(CC(=O)O)C1CCC(C(C)C)CC1. The van der Waals surface area contributed by atoms with Crippen LogP contribution in [0.4, 0.5) is 0 Å². The lowest BCUT2D eigenvalue weighted by atomic mass is 9.79. The van der Waals surface area contributed by atoms with Crippen LogP contribution in [0.15, 0.2) is 0 Å². The highest BCUT2D eigenvalue weighted by molar-refractivity contribution is 5.69. The molecule has 0 saturated heterocycles. The van der Waals surface area contributed by atoms with Gasteiger partial charge in [0.1, 0.15) is 0 Å². The summed E-state index contributed by atoms with van der Waals surface area (Å²) in [6.07, 6.45) is 4.86. The molecule has 1 fully saturated rings. The highest BCUT2D eigenvalue weighted by Crippen LogP contribution is 2.32. The Labute approximate surface area is 112 Å². The molecule has 1 N–H and O–H groups in total. The van der Waals surface area contributed by atoms with Gasteiger partial charge in [-0.15, -0.1) is 0 Å². The second kappa shape index (κ2) is 7.13. The van der Waals surface area contributed by atoms with Crippen LogP contribution in [0.3, 0.4) is 0 Å². The number of aliphatic carboxylic acids is 1. The third kappa shape index (κ3) is 4.97. The van der Waals surface area contributed by atoms with Crippen LogP contribution in [0, 0.1) is 17.8 Å². The van der Waals surface area contributed by atoms with E-state index < -0.39 is 5.97 Å². The summed E-state index contributed by atoms with van der Waals surface area (Å²) in [5.41, 5.74) is 0. The zero-order valence-electron chi connectivity index (χ0n) is 12.4. The summed E-state index contributed by atoms with van der Waals surface area (Å²) in [5, 5.41) is 9.03. The molecule has 3 nitrogen and oxygen atoms in total. The molecular formula is C15H29NO2. The van der Waals surface area contributed by atoms with Gasteiger partial charge in [-0.3, -0.25) is 9.69 Å². The average Bonchev–Trinajstić information content (AvgIpc) is 2.27. The molecule has 1 saturated carbocycles. The molecule has 0 aromatic rings. The molecule has 106 valence electrons. The van der Waals surface area contributed by atoms with E-state index in [1.54, 1.807) is 0 Å². The van der Waals surface area contributed by atoms with Crippen molar-refractivity contribution in [2.45, 2.75) is 59.4 Å². The molecule has 0 atom stereocenters. The van der Waals surface area contributed by atoms with E-state index in [4.69, 9.17) is 5.11 Å². The second-order valence-electron chi connectivity index (χ2n) is 6.53. The average molecular weight is 255 g/mol. The first-order chi connectivity index (χ1) is 8.40. The Morgan fingerprint density at radius 2 is 1.72 bits per heavy atom. The van der Waals surface area contributed by atoms with Crippen molar-refractivity contribution in [2.24, 2.45) is 17.8 Å². The first-order valence-corrected chi connectivity index (χ1v) is 7.36. The second-order valence-corrected chi connectivity index (χ2v) is 6.53. The van der Waals surface area contributed by atoms with Gasteiger partial charge in [-0.05, 0) is 43.4 Å². The van der Waals surface area contributed by atoms with E-state index in [1.165, 1.54) is 25.7 Å². The molecule has 0 aromatic heterocycles.